The lowest BCUT2D eigenvalue weighted by molar-refractivity contribution is 1.18. The highest BCUT2D eigenvalue weighted by Crippen LogP contribution is 2.30. The minimum Gasteiger partial charge on any atom is -0.0795 e. The molecule has 1 aromatic carbocycles. The highest BCUT2D eigenvalue weighted by Gasteiger charge is 2.14. The van der Waals surface area contributed by atoms with Crippen molar-refractivity contribution in [3.63, 3.8) is 0 Å². The van der Waals surface area contributed by atoms with Gasteiger partial charge in [-0.3, -0.25) is 0 Å². The van der Waals surface area contributed by atoms with Crippen molar-refractivity contribution in [3.05, 3.63) is 46.5 Å². The molecule has 0 heterocycles. The smallest absolute Gasteiger partial charge is 0.00851 e. The summed E-state index contributed by atoms with van der Waals surface area (Å²) in [5.41, 5.74) is 5.96. The Balaban J connectivity index is 2.30. The molecule has 2 aliphatic carbocycles. The van der Waals surface area contributed by atoms with Crippen molar-refractivity contribution in [2.24, 2.45) is 0 Å². The van der Waals surface area contributed by atoms with Crippen LogP contribution in [-0.4, -0.2) is 0 Å². The number of benzene rings is 1. The van der Waals surface area contributed by atoms with E-state index in [2.05, 4.69) is 36.4 Å². The van der Waals surface area contributed by atoms with Crippen LogP contribution in [0.4, 0.5) is 0 Å². The highest BCUT2D eigenvalue weighted by molar-refractivity contribution is 5.70. The Labute approximate surface area is 72.2 Å². The van der Waals surface area contributed by atoms with Gasteiger partial charge in [0.15, 0.2) is 0 Å². The van der Waals surface area contributed by atoms with Crippen molar-refractivity contribution >= 4 is 12.2 Å². The van der Waals surface area contributed by atoms with Gasteiger partial charge in [0.05, 0.1) is 0 Å². The predicted molar refractivity (Wildman–Crippen MR) is 51.9 cm³/mol. The zero-order chi connectivity index (χ0) is 7.97. The lowest BCUT2D eigenvalue weighted by Gasteiger charge is -2.06. The maximum atomic E-state index is 2.25. The summed E-state index contributed by atoms with van der Waals surface area (Å²) < 4.78 is 0. The molecule has 0 aromatic heterocycles. The summed E-state index contributed by atoms with van der Waals surface area (Å²) in [4.78, 5) is 0. The molecule has 0 amide bonds. The largest absolute Gasteiger partial charge is 0.0795 e. The molecule has 58 valence electrons. The van der Waals surface area contributed by atoms with Gasteiger partial charge < -0.3 is 0 Å². The molecule has 0 heteroatoms. The Bertz CT molecular complexity index is 356. The van der Waals surface area contributed by atoms with Gasteiger partial charge in [-0.2, -0.15) is 0 Å². The summed E-state index contributed by atoms with van der Waals surface area (Å²) in [5, 5.41) is 0. The molecule has 0 fully saturated rings. The molecule has 0 spiro atoms. The van der Waals surface area contributed by atoms with Crippen molar-refractivity contribution in [1.82, 2.24) is 0 Å². The minimum atomic E-state index is 1.14. The second kappa shape index (κ2) is 2.10. The average Bonchev–Trinajstić information content (AvgIpc) is 2.71. The van der Waals surface area contributed by atoms with E-state index in [1.165, 1.54) is 11.1 Å². The van der Waals surface area contributed by atoms with Crippen LogP contribution in [0.2, 0.25) is 0 Å². The van der Waals surface area contributed by atoms with E-state index < -0.39 is 0 Å². The zero-order valence-corrected chi connectivity index (χ0v) is 6.88. The van der Waals surface area contributed by atoms with Crippen molar-refractivity contribution in [3.8, 4) is 0 Å². The topological polar surface area (TPSA) is 0 Å². The predicted octanol–water partition coefficient (Wildman–Crippen LogP) is 2.83. The van der Waals surface area contributed by atoms with Gasteiger partial charge in [0.25, 0.3) is 0 Å². The van der Waals surface area contributed by atoms with Gasteiger partial charge >= 0.3 is 0 Å². The monoisotopic (exact) mass is 154 g/mol. The quantitative estimate of drug-likeness (QED) is 0.539. The Morgan fingerprint density at radius 2 is 1.25 bits per heavy atom. The van der Waals surface area contributed by atoms with Crippen LogP contribution in [0.25, 0.3) is 12.2 Å². The molecule has 0 radical (unpaired) electrons. The Morgan fingerprint density at radius 1 is 0.750 bits per heavy atom. The third-order valence-electron chi connectivity index (χ3n) is 2.74. The summed E-state index contributed by atoms with van der Waals surface area (Å²) in [7, 11) is 0. The number of hydrogen-bond donors (Lipinski definition) is 0. The van der Waals surface area contributed by atoms with E-state index in [1.54, 1.807) is 11.1 Å². The molecule has 1 aromatic rings. The normalized spacial score (nSPS) is 16.7. The zero-order valence-electron chi connectivity index (χ0n) is 6.88. The number of allylic oxidation sites excluding steroid dienone is 2. The molecule has 0 atom stereocenters. The summed E-state index contributed by atoms with van der Waals surface area (Å²) in [6.07, 6.45) is 11.2. The molecule has 0 N–H and O–H groups in total. The second-order valence-electron chi connectivity index (χ2n) is 3.41. The first-order valence-corrected chi connectivity index (χ1v) is 4.43. The molecule has 12 heavy (non-hydrogen) atoms. The third kappa shape index (κ3) is 0.672. The van der Waals surface area contributed by atoms with E-state index in [0.29, 0.717) is 0 Å². The lowest BCUT2D eigenvalue weighted by Crippen LogP contribution is -1.91. The van der Waals surface area contributed by atoms with Crippen molar-refractivity contribution in [2.75, 3.05) is 0 Å². The van der Waals surface area contributed by atoms with Gasteiger partial charge in [-0.25, -0.2) is 0 Å². The first-order chi connectivity index (χ1) is 5.95. The maximum Gasteiger partial charge on any atom is -0.00851 e. The van der Waals surface area contributed by atoms with Crippen LogP contribution in [0.5, 0.6) is 0 Å². The molecule has 3 rings (SSSR count). The van der Waals surface area contributed by atoms with E-state index in [4.69, 9.17) is 0 Å². The van der Waals surface area contributed by atoms with Gasteiger partial charge in [-0.05, 0) is 35.1 Å². The van der Waals surface area contributed by atoms with Crippen molar-refractivity contribution < 1.29 is 0 Å². The summed E-state index contributed by atoms with van der Waals surface area (Å²) in [6.45, 7) is 0. The van der Waals surface area contributed by atoms with E-state index in [0.717, 1.165) is 12.8 Å². The van der Waals surface area contributed by atoms with E-state index in [9.17, 15) is 0 Å². The fourth-order valence-electron chi connectivity index (χ4n) is 2.13. The van der Waals surface area contributed by atoms with Crippen LogP contribution < -0.4 is 0 Å². The molecular formula is C12H10. The van der Waals surface area contributed by atoms with Crippen LogP contribution in [0.1, 0.15) is 22.3 Å². The average molecular weight is 154 g/mol. The summed E-state index contributed by atoms with van der Waals surface area (Å²) >= 11 is 0. The van der Waals surface area contributed by atoms with Crippen LogP contribution >= 0.6 is 0 Å². The van der Waals surface area contributed by atoms with Crippen LogP contribution in [0, 0.1) is 0 Å². The van der Waals surface area contributed by atoms with Crippen LogP contribution in [0.3, 0.4) is 0 Å². The molecule has 0 nitrogen and oxygen atoms in total. The standard InChI is InChI=1S/C12H10/c1-3-9-7-8-10-4-2-6-12(10)11(9)5-1/h1-4,7-8H,5-6H2. The first-order valence-electron chi connectivity index (χ1n) is 4.43. The molecule has 2 aliphatic rings. The van der Waals surface area contributed by atoms with E-state index in [-0.39, 0.29) is 0 Å². The van der Waals surface area contributed by atoms with E-state index in [1.807, 2.05) is 0 Å². The third-order valence-corrected chi connectivity index (χ3v) is 2.74. The van der Waals surface area contributed by atoms with Gasteiger partial charge in [0.2, 0.25) is 0 Å². The number of hydrogen-bond acceptors (Lipinski definition) is 0. The molecule has 0 unspecified atom stereocenters. The number of fused-ring (bicyclic) bond motifs is 3. The Kier molecular flexibility index (Phi) is 1.09. The molecule has 0 saturated carbocycles. The lowest BCUT2D eigenvalue weighted by atomic mass is 9.99. The van der Waals surface area contributed by atoms with Gasteiger partial charge in [0.1, 0.15) is 0 Å². The molecular weight excluding hydrogens is 144 g/mol. The van der Waals surface area contributed by atoms with Gasteiger partial charge in [-0.15, -0.1) is 0 Å². The summed E-state index contributed by atoms with van der Waals surface area (Å²) in [6, 6.07) is 4.46. The molecule has 0 bridgehead atoms. The molecule has 0 saturated heterocycles. The maximum absolute atomic E-state index is 2.25. The Hall–Kier alpha value is -1.30. The van der Waals surface area contributed by atoms with E-state index >= 15 is 0 Å². The van der Waals surface area contributed by atoms with Crippen LogP contribution in [-0.2, 0) is 12.8 Å². The fraction of sp³-hybridized carbons (Fsp3) is 0.167. The van der Waals surface area contributed by atoms with Crippen molar-refractivity contribution in [1.29, 1.82) is 0 Å². The van der Waals surface area contributed by atoms with Crippen molar-refractivity contribution in [2.45, 2.75) is 12.8 Å². The first kappa shape index (κ1) is 6.24. The number of rotatable bonds is 0. The minimum absolute atomic E-state index is 1.14. The summed E-state index contributed by atoms with van der Waals surface area (Å²) in [5.74, 6) is 0. The van der Waals surface area contributed by atoms with Crippen LogP contribution in [0.15, 0.2) is 24.3 Å². The van der Waals surface area contributed by atoms with Gasteiger partial charge in [-0.1, -0.05) is 36.4 Å². The second-order valence-corrected chi connectivity index (χ2v) is 3.41. The fourth-order valence-corrected chi connectivity index (χ4v) is 2.13. The molecule has 0 aliphatic heterocycles. The van der Waals surface area contributed by atoms with Gasteiger partial charge in [0, 0.05) is 0 Å². The highest BCUT2D eigenvalue weighted by atomic mass is 14.2. The SMILES string of the molecule is C1=Cc2ccc3c(c2C1)CC=C3. The Morgan fingerprint density at radius 3 is 1.75 bits per heavy atom.